The standard InChI is InChI=1S/C17H22F2N2O4/c1-4-5-14(17(24)25-3)21-16(23)10(2)20-15(22)8-11-6-12(18)9-13(19)7-11/h6-7,9-10,14H,4-5,8H2,1-3H3,(H,20,22)(H,21,23)/t10-,14-/m0/s1. The normalized spacial score (nSPS) is 12.8. The molecule has 0 saturated carbocycles. The summed E-state index contributed by atoms with van der Waals surface area (Å²) in [5, 5.41) is 4.93. The van der Waals surface area contributed by atoms with Gasteiger partial charge in [0, 0.05) is 6.07 Å². The SMILES string of the molecule is CCC[C@H](NC(=O)[C@H](C)NC(=O)Cc1cc(F)cc(F)c1)C(=O)OC. The van der Waals surface area contributed by atoms with Gasteiger partial charge in [-0.3, -0.25) is 9.59 Å². The smallest absolute Gasteiger partial charge is 0.328 e. The Morgan fingerprint density at radius 2 is 1.72 bits per heavy atom. The molecular weight excluding hydrogens is 334 g/mol. The van der Waals surface area contributed by atoms with E-state index < -0.39 is 41.5 Å². The number of ether oxygens (including phenoxy) is 1. The van der Waals surface area contributed by atoms with Crippen LogP contribution in [0, 0.1) is 11.6 Å². The van der Waals surface area contributed by atoms with Crippen LogP contribution in [0.4, 0.5) is 8.78 Å². The summed E-state index contributed by atoms with van der Waals surface area (Å²) < 4.78 is 30.8. The summed E-state index contributed by atoms with van der Waals surface area (Å²) in [4.78, 5) is 35.6. The first-order valence-corrected chi connectivity index (χ1v) is 7.89. The molecule has 2 N–H and O–H groups in total. The molecule has 2 amide bonds. The molecule has 2 atom stereocenters. The van der Waals surface area contributed by atoms with E-state index in [2.05, 4.69) is 15.4 Å². The number of nitrogens with one attached hydrogen (secondary N) is 2. The lowest BCUT2D eigenvalue weighted by Gasteiger charge is -2.19. The molecule has 0 radical (unpaired) electrons. The molecule has 138 valence electrons. The van der Waals surface area contributed by atoms with Crippen molar-refractivity contribution in [1.29, 1.82) is 0 Å². The topological polar surface area (TPSA) is 84.5 Å². The average Bonchev–Trinajstić information content (AvgIpc) is 2.52. The summed E-state index contributed by atoms with van der Waals surface area (Å²) in [5.74, 6) is -3.26. The summed E-state index contributed by atoms with van der Waals surface area (Å²) >= 11 is 0. The summed E-state index contributed by atoms with van der Waals surface area (Å²) in [6.07, 6.45) is 0.787. The Morgan fingerprint density at radius 1 is 1.12 bits per heavy atom. The van der Waals surface area contributed by atoms with Crippen molar-refractivity contribution in [2.75, 3.05) is 7.11 Å². The van der Waals surface area contributed by atoms with E-state index in [-0.39, 0.29) is 12.0 Å². The maximum atomic E-state index is 13.1. The van der Waals surface area contributed by atoms with Crippen LogP contribution in [0.2, 0.25) is 0 Å². The minimum atomic E-state index is -0.921. The van der Waals surface area contributed by atoms with E-state index in [1.54, 1.807) is 0 Å². The molecule has 1 aromatic carbocycles. The van der Waals surface area contributed by atoms with E-state index in [1.807, 2.05) is 6.92 Å². The van der Waals surface area contributed by atoms with E-state index >= 15 is 0 Å². The molecule has 0 fully saturated rings. The highest BCUT2D eigenvalue weighted by atomic mass is 19.1. The fraction of sp³-hybridized carbons (Fsp3) is 0.471. The Hall–Kier alpha value is -2.51. The fourth-order valence-electron chi connectivity index (χ4n) is 2.23. The van der Waals surface area contributed by atoms with Gasteiger partial charge in [0.1, 0.15) is 23.7 Å². The lowest BCUT2D eigenvalue weighted by Crippen LogP contribution is -2.50. The highest BCUT2D eigenvalue weighted by Gasteiger charge is 2.24. The second kappa shape index (κ2) is 9.71. The second-order valence-corrected chi connectivity index (χ2v) is 5.62. The first-order chi connectivity index (χ1) is 11.8. The highest BCUT2D eigenvalue weighted by molar-refractivity contribution is 5.90. The van der Waals surface area contributed by atoms with Gasteiger partial charge >= 0.3 is 5.97 Å². The summed E-state index contributed by atoms with van der Waals surface area (Å²) in [6.45, 7) is 3.30. The first-order valence-electron chi connectivity index (χ1n) is 7.89. The van der Waals surface area contributed by atoms with Gasteiger partial charge in [-0.15, -0.1) is 0 Å². The molecule has 0 aliphatic carbocycles. The highest BCUT2D eigenvalue weighted by Crippen LogP contribution is 2.08. The molecule has 0 aliphatic heterocycles. The Balaban J connectivity index is 2.61. The van der Waals surface area contributed by atoms with Crippen molar-refractivity contribution in [2.45, 2.75) is 45.2 Å². The lowest BCUT2D eigenvalue weighted by molar-refractivity contribution is -0.145. The maximum absolute atomic E-state index is 13.1. The Labute approximate surface area is 144 Å². The first kappa shape index (κ1) is 20.5. The quantitative estimate of drug-likeness (QED) is 0.691. The number of rotatable bonds is 8. The summed E-state index contributed by atoms with van der Waals surface area (Å²) in [5.41, 5.74) is 0.154. The van der Waals surface area contributed by atoms with Crippen LogP contribution in [-0.2, 0) is 25.5 Å². The molecule has 0 unspecified atom stereocenters. The molecule has 0 aromatic heterocycles. The van der Waals surface area contributed by atoms with Crippen LogP contribution in [0.15, 0.2) is 18.2 Å². The van der Waals surface area contributed by atoms with Crippen molar-refractivity contribution in [1.82, 2.24) is 10.6 Å². The number of methoxy groups -OCH3 is 1. The third-order valence-electron chi connectivity index (χ3n) is 3.44. The number of carbonyl (C=O) groups is 3. The van der Waals surface area contributed by atoms with Gasteiger partial charge < -0.3 is 15.4 Å². The molecule has 8 heteroatoms. The number of halogens is 2. The molecular formula is C17H22F2N2O4. The Bertz CT molecular complexity index is 617. The molecule has 1 aromatic rings. The lowest BCUT2D eigenvalue weighted by atomic mass is 10.1. The Kier molecular flexibility index (Phi) is 7.97. The monoisotopic (exact) mass is 356 g/mol. The number of hydrogen-bond acceptors (Lipinski definition) is 4. The predicted octanol–water partition coefficient (Wildman–Crippen LogP) is 1.47. The van der Waals surface area contributed by atoms with Crippen LogP contribution < -0.4 is 10.6 Å². The van der Waals surface area contributed by atoms with Gasteiger partial charge in [-0.2, -0.15) is 0 Å². The minimum absolute atomic E-state index is 0.154. The van der Waals surface area contributed by atoms with Crippen molar-refractivity contribution in [2.24, 2.45) is 0 Å². The third kappa shape index (κ3) is 6.86. The fourth-order valence-corrected chi connectivity index (χ4v) is 2.23. The summed E-state index contributed by atoms with van der Waals surface area (Å²) in [6, 6.07) is 1.08. The number of hydrogen-bond donors (Lipinski definition) is 2. The van der Waals surface area contributed by atoms with Gasteiger partial charge in [0.15, 0.2) is 0 Å². The van der Waals surface area contributed by atoms with Crippen LogP contribution in [0.25, 0.3) is 0 Å². The second-order valence-electron chi connectivity index (χ2n) is 5.62. The molecule has 0 spiro atoms. The zero-order chi connectivity index (χ0) is 19.0. The zero-order valence-electron chi connectivity index (χ0n) is 14.4. The van der Waals surface area contributed by atoms with E-state index in [1.165, 1.54) is 14.0 Å². The van der Waals surface area contributed by atoms with Crippen molar-refractivity contribution in [3.8, 4) is 0 Å². The number of benzene rings is 1. The number of amides is 2. The van der Waals surface area contributed by atoms with Crippen LogP contribution in [-0.4, -0.2) is 37.0 Å². The van der Waals surface area contributed by atoms with Gasteiger partial charge in [-0.05, 0) is 31.0 Å². The van der Waals surface area contributed by atoms with Crippen LogP contribution in [0.3, 0.4) is 0 Å². The van der Waals surface area contributed by atoms with Gasteiger partial charge in [0.25, 0.3) is 0 Å². The molecule has 25 heavy (non-hydrogen) atoms. The average molecular weight is 356 g/mol. The molecule has 0 bridgehead atoms. The third-order valence-corrected chi connectivity index (χ3v) is 3.44. The van der Waals surface area contributed by atoms with Crippen LogP contribution in [0.1, 0.15) is 32.3 Å². The minimum Gasteiger partial charge on any atom is -0.467 e. The number of carbonyl (C=O) groups excluding carboxylic acids is 3. The molecule has 0 aliphatic rings. The van der Waals surface area contributed by atoms with E-state index in [4.69, 9.17) is 0 Å². The number of esters is 1. The molecule has 1 rings (SSSR count). The van der Waals surface area contributed by atoms with Gasteiger partial charge in [0.2, 0.25) is 11.8 Å². The Morgan fingerprint density at radius 3 is 2.24 bits per heavy atom. The van der Waals surface area contributed by atoms with Crippen molar-refractivity contribution in [3.05, 3.63) is 35.4 Å². The summed E-state index contributed by atoms with van der Waals surface area (Å²) in [7, 11) is 1.22. The van der Waals surface area contributed by atoms with Crippen LogP contribution in [0.5, 0.6) is 0 Å². The van der Waals surface area contributed by atoms with Crippen molar-refractivity contribution < 1.29 is 27.9 Å². The maximum Gasteiger partial charge on any atom is 0.328 e. The largest absolute Gasteiger partial charge is 0.467 e. The van der Waals surface area contributed by atoms with Gasteiger partial charge in [0.05, 0.1) is 13.5 Å². The van der Waals surface area contributed by atoms with Crippen LogP contribution >= 0.6 is 0 Å². The van der Waals surface area contributed by atoms with Gasteiger partial charge in [-0.1, -0.05) is 13.3 Å². The van der Waals surface area contributed by atoms with Crippen molar-refractivity contribution in [3.63, 3.8) is 0 Å². The predicted molar refractivity (Wildman–Crippen MR) is 86.5 cm³/mol. The van der Waals surface area contributed by atoms with E-state index in [0.717, 1.165) is 12.1 Å². The van der Waals surface area contributed by atoms with E-state index in [0.29, 0.717) is 18.9 Å². The molecule has 0 saturated heterocycles. The van der Waals surface area contributed by atoms with E-state index in [9.17, 15) is 23.2 Å². The van der Waals surface area contributed by atoms with Gasteiger partial charge in [-0.25, -0.2) is 13.6 Å². The molecule has 0 heterocycles. The van der Waals surface area contributed by atoms with Crippen molar-refractivity contribution >= 4 is 17.8 Å². The zero-order valence-corrected chi connectivity index (χ0v) is 14.4. The molecule has 6 nitrogen and oxygen atoms in total.